The highest BCUT2D eigenvalue weighted by Crippen LogP contribution is 2.23. The predicted octanol–water partition coefficient (Wildman–Crippen LogP) is 1.77. The van der Waals surface area contributed by atoms with Gasteiger partial charge in [0, 0.05) is 51.0 Å². The van der Waals surface area contributed by atoms with E-state index in [4.69, 9.17) is 5.26 Å². The van der Waals surface area contributed by atoms with Crippen molar-refractivity contribution in [2.45, 2.75) is 18.9 Å². The highest BCUT2D eigenvalue weighted by molar-refractivity contribution is 5.50. The van der Waals surface area contributed by atoms with E-state index in [1.165, 1.54) is 44.7 Å². The van der Waals surface area contributed by atoms with Gasteiger partial charge in [-0.05, 0) is 44.2 Å². The van der Waals surface area contributed by atoms with Crippen molar-refractivity contribution in [3.63, 3.8) is 0 Å². The molecule has 0 saturated carbocycles. The van der Waals surface area contributed by atoms with Crippen molar-refractivity contribution in [1.82, 2.24) is 9.80 Å². The second kappa shape index (κ2) is 6.46. The molecule has 0 atom stereocenters. The lowest BCUT2D eigenvalue weighted by Gasteiger charge is -2.42. The first-order valence-corrected chi connectivity index (χ1v) is 7.94. The van der Waals surface area contributed by atoms with Crippen molar-refractivity contribution in [1.29, 1.82) is 5.26 Å². The van der Waals surface area contributed by atoms with Crippen LogP contribution in [0.15, 0.2) is 24.3 Å². The predicted molar refractivity (Wildman–Crippen MR) is 85.5 cm³/mol. The molecule has 0 radical (unpaired) electrons. The molecule has 2 heterocycles. The van der Waals surface area contributed by atoms with E-state index in [2.05, 4.69) is 39.9 Å². The number of benzene rings is 1. The van der Waals surface area contributed by atoms with Crippen LogP contribution in [0.25, 0.3) is 0 Å². The maximum atomic E-state index is 8.86. The largest absolute Gasteiger partial charge is 0.371 e. The Bertz CT molecular complexity index is 489. The molecule has 0 spiro atoms. The van der Waals surface area contributed by atoms with Crippen molar-refractivity contribution in [3.05, 3.63) is 29.8 Å². The third kappa shape index (κ3) is 3.37. The third-order valence-corrected chi connectivity index (χ3v) is 4.88. The van der Waals surface area contributed by atoms with Gasteiger partial charge >= 0.3 is 0 Å². The summed E-state index contributed by atoms with van der Waals surface area (Å²) in [5, 5.41) is 8.86. The van der Waals surface area contributed by atoms with Crippen LogP contribution in [0, 0.1) is 11.3 Å². The second-order valence-electron chi connectivity index (χ2n) is 6.22. The Kier molecular flexibility index (Phi) is 4.42. The highest BCUT2D eigenvalue weighted by atomic mass is 15.3. The summed E-state index contributed by atoms with van der Waals surface area (Å²) in [6.45, 7) is 7.10. The van der Waals surface area contributed by atoms with Crippen LogP contribution in [0.4, 0.5) is 5.69 Å². The molecule has 0 aromatic heterocycles. The maximum absolute atomic E-state index is 8.86. The van der Waals surface area contributed by atoms with Crippen LogP contribution >= 0.6 is 0 Å². The Morgan fingerprint density at radius 2 is 1.57 bits per heavy atom. The molecular formula is C17H24N4. The van der Waals surface area contributed by atoms with Crippen molar-refractivity contribution >= 4 is 5.69 Å². The summed E-state index contributed by atoms with van der Waals surface area (Å²) < 4.78 is 0. The molecule has 2 fully saturated rings. The fraction of sp³-hybridized carbons (Fsp3) is 0.588. The molecule has 0 aliphatic carbocycles. The van der Waals surface area contributed by atoms with E-state index in [1.807, 2.05) is 12.1 Å². The van der Waals surface area contributed by atoms with Gasteiger partial charge in [0.05, 0.1) is 11.6 Å². The quantitative estimate of drug-likeness (QED) is 0.829. The number of likely N-dealkylation sites (N-methyl/N-ethyl adjacent to an activating group) is 1. The topological polar surface area (TPSA) is 33.5 Å². The molecule has 0 amide bonds. The zero-order valence-corrected chi connectivity index (χ0v) is 12.8. The summed E-state index contributed by atoms with van der Waals surface area (Å²) in [6, 6.07) is 10.9. The molecule has 2 saturated heterocycles. The molecule has 0 bridgehead atoms. The van der Waals surface area contributed by atoms with Gasteiger partial charge in [-0.2, -0.15) is 5.26 Å². The lowest BCUT2D eigenvalue weighted by atomic mass is 10.0. The van der Waals surface area contributed by atoms with Crippen LogP contribution < -0.4 is 4.90 Å². The molecule has 0 unspecified atom stereocenters. The number of piperazine rings is 1. The fourth-order valence-electron chi connectivity index (χ4n) is 3.42. The molecule has 4 heteroatoms. The van der Waals surface area contributed by atoms with E-state index < -0.39 is 0 Å². The maximum Gasteiger partial charge on any atom is 0.0991 e. The first-order valence-electron chi connectivity index (χ1n) is 7.94. The van der Waals surface area contributed by atoms with Gasteiger partial charge < -0.3 is 9.80 Å². The number of anilines is 1. The van der Waals surface area contributed by atoms with E-state index >= 15 is 0 Å². The smallest absolute Gasteiger partial charge is 0.0991 e. The number of piperidine rings is 1. The van der Waals surface area contributed by atoms with Gasteiger partial charge in [-0.25, -0.2) is 0 Å². The number of nitriles is 1. The molecule has 112 valence electrons. The molecule has 4 nitrogen and oxygen atoms in total. The Labute approximate surface area is 127 Å². The Balaban J connectivity index is 1.53. The van der Waals surface area contributed by atoms with Gasteiger partial charge in [0.1, 0.15) is 0 Å². The molecule has 3 rings (SSSR count). The van der Waals surface area contributed by atoms with E-state index in [9.17, 15) is 0 Å². The summed E-state index contributed by atoms with van der Waals surface area (Å²) in [5.74, 6) is 0. The average Bonchev–Trinajstić information content (AvgIpc) is 2.56. The van der Waals surface area contributed by atoms with Crippen LogP contribution in [-0.4, -0.2) is 62.2 Å². The van der Waals surface area contributed by atoms with E-state index in [0.29, 0.717) is 0 Å². The summed E-state index contributed by atoms with van der Waals surface area (Å²) in [4.78, 5) is 7.55. The molecule has 1 aromatic carbocycles. The van der Waals surface area contributed by atoms with Crippen LogP contribution in [-0.2, 0) is 0 Å². The minimum Gasteiger partial charge on any atom is -0.371 e. The molecule has 2 aliphatic rings. The Hall–Kier alpha value is -1.57. The first kappa shape index (κ1) is 14.4. The van der Waals surface area contributed by atoms with Crippen molar-refractivity contribution in [3.8, 4) is 6.07 Å². The van der Waals surface area contributed by atoms with Gasteiger partial charge in [0.2, 0.25) is 0 Å². The Morgan fingerprint density at radius 3 is 2.14 bits per heavy atom. The fourth-order valence-corrected chi connectivity index (χ4v) is 3.42. The van der Waals surface area contributed by atoms with Crippen molar-refractivity contribution < 1.29 is 0 Å². The van der Waals surface area contributed by atoms with Gasteiger partial charge in [-0.15, -0.1) is 0 Å². The van der Waals surface area contributed by atoms with Gasteiger partial charge in [0.25, 0.3) is 0 Å². The van der Waals surface area contributed by atoms with Crippen LogP contribution in [0.3, 0.4) is 0 Å². The van der Waals surface area contributed by atoms with E-state index in [0.717, 1.165) is 24.7 Å². The van der Waals surface area contributed by atoms with Crippen molar-refractivity contribution in [2.24, 2.45) is 0 Å². The minimum atomic E-state index is 0.742. The summed E-state index contributed by atoms with van der Waals surface area (Å²) in [7, 11) is 2.21. The standard InChI is InChI=1S/C17H24N4/c1-19-10-12-21(13-11-19)17-6-8-20(9-7-17)16-4-2-15(14-18)3-5-16/h2-5,17H,6-13H2,1H3. The third-order valence-electron chi connectivity index (χ3n) is 4.88. The number of rotatable bonds is 2. The van der Waals surface area contributed by atoms with Gasteiger partial charge in [-0.1, -0.05) is 0 Å². The van der Waals surface area contributed by atoms with Crippen LogP contribution in [0.2, 0.25) is 0 Å². The van der Waals surface area contributed by atoms with E-state index in [1.54, 1.807) is 0 Å². The number of hydrogen-bond donors (Lipinski definition) is 0. The average molecular weight is 284 g/mol. The molecular weight excluding hydrogens is 260 g/mol. The minimum absolute atomic E-state index is 0.742. The summed E-state index contributed by atoms with van der Waals surface area (Å²) >= 11 is 0. The van der Waals surface area contributed by atoms with Crippen LogP contribution in [0.1, 0.15) is 18.4 Å². The SMILES string of the molecule is CN1CCN(C2CCN(c3ccc(C#N)cc3)CC2)CC1. The normalized spacial score (nSPS) is 22.2. The zero-order valence-electron chi connectivity index (χ0n) is 12.8. The highest BCUT2D eigenvalue weighted by Gasteiger charge is 2.26. The summed E-state index contributed by atoms with van der Waals surface area (Å²) in [6.07, 6.45) is 2.51. The van der Waals surface area contributed by atoms with Crippen LogP contribution in [0.5, 0.6) is 0 Å². The number of nitrogens with zero attached hydrogens (tertiary/aromatic N) is 4. The lowest BCUT2D eigenvalue weighted by molar-refractivity contribution is 0.0982. The summed E-state index contributed by atoms with van der Waals surface area (Å²) in [5.41, 5.74) is 2.00. The molecule has 1 aromatic rings. The Morgan fingerprint density at radius 1 is 0.952 bits per heavy atom. The molecule has 21 heavy (non-hydrogen) atoms. The lowest BCUT2D eigenvalue weighted by Crippen LogP contribution is -2.52. The van der Waals surface area contributed by atoms with E-state index in [-0.39, 0.29) is 0 Å². The van der Waals surface area contributed by atoms with Gasteiger partial charge in [0.15, 0.2) is 0 Å². The molecule has 0 N–H and O–H groups in total. The van der Waals surface area contributed by atoms with Crippen molar-refractivity contribution in [2.75, 3.05) is 51.2 Å². The second-order valence-corrected chi connectivity index (χ2v) is 6.22. The van der Waals surface area contributed by atoms with Gasteiger partial charge in [-0.3, -0.25) is 4.90 Å². The zero-order chi connectivity index (χ0) is 14.7. The monoisotopic (exact) mass is 284 g/mol. The molecule has 2 aliphatic heterocycles. The first-order chi connectivity index (χ1) is 10.3. The number of hydrogen-bond acceptors (Lipinski definition) is 4.